The van der Waals surface area contributed by atoms with E-state index >= 15 is 0 Å². The molecule has 1 N–H and O–H groups in total. The van der Waals surface area contributed by atoms with Crippen molar-refractivity contribution in [1.82, 2.24) is 0 Å². The predicted molar refractivity (Wildman–Crippen MR) is 56.6 cm³/mol. The Bertz CT molecular complexity index is 182. The molecule has 0 spiro atoms. The Kier molecular flexibility index (Phi) is 3.55. The molecule has 0 unspecified atom stereocenters. The molecule has 0 aromatic heterocycles. The second-order valence-corrected chi connectivity index (χ2v) is 4.80. The summed E-state index contributed by atoms with van der Waals surface area (Å²) in [6.45, 7) is 7.97. The number of rotatable bonds is 3. The van der Waals surface area contributed by atoms with E-state index in [0.717, 1.165) is 19.3 Å². The summed E-state index contributed by atoms with van der Waals surface area (Å²) in [5.74, 6) is 0.498. The van der Waals surface area contributed by atoms with Crippen LogP contribution in [0.4, 0.5) is 0 Å². The maximum atomic E-state index is 10.1. The Balaban J connectivity index is 2.41. The number of allylic oxidation sites excluding steroid dienone is 1. The molecule has 76 valence electrons. The molecule has 1 rings (SSSR count). The van der Waals surface area contributed by atoms with E-state index in [2.05, 4.69) is 13.5 Å². The molecule has 0 amide bonds. The number of aliphatic hydroxyl groups is 1. The molecule has 13 heavy (non-hydrogen) atoms. The summed E-state index contributed by atoms with van der Waals surface area (Å²) < 4.78 is 0. The first kappa shape index (κ1) is 10.8. The normalized spacial score (nSPS) is 34.5. The minimum Gasteiger partial charge on any atom is -0.390 e. The standard InChI is InChI=1S/C12H22O/c1-10(2)7-8-11-6-4-5-9-12(11,3)13/h11,13H,1,4-9H2,2-3H3/t11-,12+/m1/s1. The second-order valence-electron chi connectivity index (χ2n) is 4.80. The fraction of sp³-hybridized carbons (Fsp3) is 0.833. The van der Waals surface area contributed by atoms with Crippen molar-refractivity contribution in [3.05, 3.63) is 12.2 Å². The van der Waals surface area contributed by atoms with Crippen molar-refractivity contribution in [2.24, 2.45) is 5.92 Å². The maximum absolute atomic E-state index is 10.1. The first-order valence-electron chi connectivity index (χ1n) is 5.39. The highest BCUT2D eigenvalue weighted by Gasteiger charge is 2.33. The fourth-order valence-corrected chi connectivity index (χ4v) is 2.26. The average molecular weight is 182 g/mol. The first-order valence-corrected chi connectivity index (χ1v) is 5.39. The van der Waals surface area contributed by atoms with Crippen LogP contribution in [-0.4, -0.2) is 10.7 Å². The lowest BCUT2D eigenvalue weighted by Crippen LogP contribution is -2.37. The van der Waals surface area contributed by atoms with E-state index in [1.807, 2.05) is 6.92 Å². The van der Waals surface area contributed by atoms with Crippen LogP contribution < -0.4 is 0 Å². The highest BCUT2D eigenvalue weighted by Crippen LogP contribution is 2.36. The topological polar surface area (TPSA) is 20.2 Å². The van der Waals surface area contributed by atoms with Gasteiger partial charge in [0.05, 0.1) is 5.60 Å². The second kappa shape index (κ2) is 4.28. The summed E-state index contributed by atoms with van der Waals surface area (Å²) in [5.41, 5.74) is 0.828. The van der Waals surface area contributed by atoms with Crippen LogP contribution in [-0.2, 0) is 0 Å². The Morgan fingerprint density at radius 1 is 1.54 bits per heavy atom. The number of hydrogen-bond donors (Lipinski definition) is 1. The molecule has 1 saturated carbocycles. The zero-order valence-electron chi connectivity index (χ0n) is 8.97. The molecule has 1 fully saturated rings. The quantitative estimate of drug-likeness (QED) is 0.664. The summed E-state index contributed by atoms with van der Waals surface area (Å²) in [4.78, 5) is 0. The predicted octanol–water partition coefficient (Wildman–Crippen LogP) is 3.28. The van der Waals surface area contributed by atoms with Gasteiger partial charge in [-0.15, -0.1) is 6.58 Å². The van der Waals surface area contributed by atoms with Crippen LogP contribution in [0.2, 0.25) is 0 Å². The molecule has 0 aromatic carbocycles. The van der Waals surface area contributed by atoms with Gasteiger partial charge in [-0.1, -0.05) is 18.4 Å². The van der Waals surface area contributed by atoms with Gasteiger partial charge in [-0.05, 0) is 45.4 Å². The summed E-state index contributed by atoms with van der Waals surface area (Å²) in [7, 11) is 0. The van der Waals surface area contributed by atoms with Crippen molar-refractivity contribution >= 4 is 0 Å². The molecule has 1 aliphatic carbocycles. The summed E-state index contributed by atoms with van der Waals surface area (Å²) >= 11 is 0. The highest BCUT2D eigenvalue weighted by molar-refractivity contribution is 4.92. The van der Waals surface area contributed by atoms with Crippen molar-refractivity contribution in [3.63, 3.8) is 0 Å². The molecule has 0 bridgehead atoms. The van der Waals surface area contributed by atoms with Crippen molar-refractivity contribution in [2.45, 2.75) is 58.0 Å². The molecule has 1 nitrogen and oxygen atoms in total. The molecule has 1 aliphatic rings. The third kappa shape index (κ3) is 3.15. The zero-order valence-corrected chi connectivity index (χ0v) is 8.97. The van der Waals surface area contributed by atoms with E-state index in [4.69, 9.17) is 0 Å². The maximum Gasteiger partial charge on any atom is 0.0647 e. The highest BCUT2D eigenvalue weighted by atomic mass is 16.3. The van der Waals surface area contributed by atoms with Gasteiger partial charge in [0.15, 0.2) is 0 Å². The molecule has 0 radical (unpaired) electrons. The smallest absolute Gasteiger partial charge is 0.0647 e. The van der Waals surface area contributed by atoms with Crippen LogP contribution in [0.5, 0.6) is 0 Å². The van der Waals surface area contributed by atoms with Crippen molar-refractivity contribution in [3.8, 4) is 0 Å². The Morgan fingerprint density at radius 2 is 2.23 bits per heavy atom. The molecule has 0 aliphatic heterocycles. The molecular weight excluding hydrogens is 160 g/mol. The minimum absolute atomic E-state index is 0.409. The van der Waals surface area contributed by atoms with Gasteiger partial charge in [-0.2, -0.15) is 0 Å². The molecule has 0 saturated heterocycles. The van der Waals surface area contributed by atoms with Gasteiger partial charge >= 0.3 is 0 Å². The van der Waals surface area contributed by atoms with Crippen LogP contribution >= 0.6 is 0 Å². The van der Waals surface area contributed by atoms with Crippen LogP contribution in [0.15, 0.2) is 12.2 Å². The van der Waals surface area contributed by atoms with Gasteiger partial charge in [0.2, 0.25) is 0 Å². The number of hydrogen-bond acceptors (Lipinski definition) is 1. The third-order valence-corrected chi connectivity index (χ3v) is 3.28. The third-order valence-electron chi connectivity index (χ3n) is 3.28. The summed E-state index contributed by atoms with van der Waals surface area (Å²) in [5, 5.41) is 10.1. The monoisotopic (exact) mass is 182 g/mol. The molecular formula is C12H22O. The average Bonchev–Trinajstić information content (AvgIpc) is 2.01. The van der Waals surface area contributed by atoms with Crippen LogP contribution in [0.3, 0.4) is 0 Å². The van der Waals surface area contributed by atoms with Gasteiger partial charge in [0, 0.05) is 0 Å². The SMILES string of the molecule is C=C(C)CC[C@H]1CCCC[C@]1(C)O. The lowest BCUT2D eigenvalue weighted by atomic mass is 9.74. The van der Waals surface area contributed by atoms with Crippen molar-refractivity contribution in [1.29, 1.82) is 0 Å². The van der Waals surface area contributed by atoms with E-state index in [9.17, 15) is 5.11 Å². The molecule has 1 heteroatoms. The minimum atomic E-state index is -0.409. The van der Waals surface area contributed by atoms with Crippen LogP contribution in [0.1, 0.15) is 52.4 Å². The lowest BCUT2D eigenvalue weighted by Gasteiger charge is -2.37. The van der Waals surface area contributed by atoms with Gasteiger partial charge < -0.3 is 5.11 Å². The molecule has 2 atom stereocenters. The van der Waals surface area contributed by atoms with Gasteiger partial charge in [-0.3, -0.25) is 0 Å². The van der Waals surface area contributed by atoms with Crippen molar-refractivity contribution < 1.29 is 5.11 Å². The van der Waals surface area contributed by atoms with Crippen LogP contribution in [0, 0.1) is 5.92 Å². The van der Waals surface area contributed by atoms with Gasteiger partial charge in [0.1, 0.15) is 0 Å². The van der Waals surface area contributed by atoms with Crippen molar-refractivity contribution in [2.75, 3.05) is 0 Å². The van der Waals surface area contributed by atoms with Crippen LogP contribution in [0.25, 0.3) is 0 Å². The van der Waals surface area contributed by atoms with E-state index in [0.29, 0.717) is 5.92 Å². The largest absolute Gasteiger partial charge is 0.390 e. The summed E-state index contributed by atoms with van der Waals surface area (Å²) in [6, 6.07) is 0. The van der Waals surface area contributed by atoms with Gasteiger partial charge in [-0.25, -0.2) is 0 Å². The lowest BCUT2D eigenvalue weighted by molar-refractivity contribution is -0.0346. The van der Waals surface area contributed by atoms with Gasteiger partial charge in [0.25, 0.3) is 0 Å². The molecule has 0 heterocycles. The van der Waals surface area contributed by atoms with E-state index in [-0.39, 0.29) is 0 Å². The van der Waals surface area contributed by atoms with E-state index in [1.54, 1.807) is 0 Å². The zero-order chi connectivity index (χ0) is 9.90. The fourth-order valence-electron chi connectivity index (χ4n) is 2.26. The van der Waals surface area contributed by atoms with E-state index in [1.165, 1.54) is 24.8 Å². The Morgan fingerprint density at radius 3 is 2.77 bits per heavy atom. The molecule has 0 aromatic rings. The Labute approximate surface area is 81.9 Å². The summed E-state index contributed by atoms with van der Waals surface area (Å²) in [6.07, 6.45) is 6.84. The first-order chi connectivity index (χ1) is 6.02. The Hall–Kier alpha value is -0.300. The van der Waals surface area contributed by atoms with E-state index < -0.39 is 5.60 Å².